The van der Waals surface area contributed by atoms with Gasteiger partial charge < -0.3 is 15.3 Å². The van der Waals surface area contributed by atoms with Crippen LogP contribution in [0.1, 0.15) is 17.2 Å². The maximum absolute atomic E-state index is 10.4. The molecular formula is C22H18O3. The zero-order valence-electron chi connectivity index (χ0n) is 13.6. The fourth-order valence-corrected chi connectivity index (χ4v) is 4.21. The molecule has 25 heavy (non-hydrogen) atoms. The summed E-state index contributed by atoms with van der Waals surface area (Å²) in [5.74, 6) is 0. The zero-order chi connectivity index (χ0) is 17.1. The summed E-state index contributed by atoms with van der Waals surface area (Å²) in [6.07, 6.45) is -2.79. The van der Waals surface area contributed by atoms with Crippen LogP contribution in [0.3, 0.4) is 0 Å². The molecule has 124 valence electrons. The molecule has 3 N–H and O–H groups in total. The highest BCUT2D eigenvalue weighted by molar-refractivity contribution is 6.25. The van der Waals surface area contributed by atoms with Gasteiger partial charge in [-0.25, -0.2) is 0 Å². The van der Waals surface area contributed by atoms with E-state index in [1.54, 1.807) is 0 Å². The third kappa shape index (κ3) is 2.04. The Morgan fingerprint density at radius 1 is 0.640 bits per heavy atom. The Hall–Kier alpha value is -2.46. The Morgan fingerprint density at radius 2 is 1.12 bits per heavy atom. The second-order valence-corrected chi connectivity index (χ2v) is 6.89. The van der Waals surface area contributed by atoms with Crippen molar-refractivity contribution in [3.63, 3.8) is 0 Å². The van der Waals surface area contributed by atoms with Gasteiger partial charge >= 0.3 is 0 Å². The van der Waals surface area contributed by atoms with E-state index in [2.05, 4.69) is 30.3 Å². The lowest BCUT2D eigenvalue weighted by molar-refractivity contribution is -0.0684. The minimum Gasteiger partial charge on any atom is -0.390 e. The summed E-state index contributed by atoms with van der Waals surface area (Å²) < 4.78 is 0. The average Bonchev–Trinajstić information content (AvgIpc) is 2.65. The van der Waals surface area contributed by atoms with Gasteiger partial charge in [-0.15, -0.1) is 0 Å². The van der Waals surface area contributed by atoms with Crippen molar-refractivity contribution < 1.29 is 15.3 Å². The molecule has 0 radical (unpaired) electrons. The van der Waals surface area contributed by atoms with E-state index < -0.39 is 18.3 Å². The van der Waals surface area contributed by atoms with E-state index in [1.165, 1.54) is 10.8 Å². The smallest absolute Gasteiger partial charge is 0.110 e. The fraction of sp³-hybridized carbons (Fsp3) is 0.182. The number of hydrogen-bond donors (Lipinski definition) is 3. The van der Waals surface area contributed by atoms with Crippen molar-refractivity contribution in [1.82, 2.24) is 0 Å². The van der Waals surface area contributed by atoms with Crippen molar-refractivity contribution in [1.29, 1.82) is 0 Å². The van der Waals surface area contributed by atoms with Crippen LogP contribution in [-0.4, -0.2) is 27.5 Å². The van der Waals surface area contributed by atoms with Crippen molar-refractivity contribution >= 4 is 32.3 Å². The van der Waals surface area contributed by atoms with Gasteiger partial charge in [-0.1, -0.05) is 54.6 Å². The van der Waals surface area contributed by atoms with Crippen LogP contribution in [0.4, 0.5) is 0 Å². The normalized spacial score (nSPS) is 23.2. The summed E-state index contributed by atoms with van der Waals surface area (Å²) in [7, 11) is 0. The van der Waals surface area contributed by atoms with E-state index >= 15 is 0 Å². The summed E-state index contributed by atoms with van der Waals surface area (Å²) >= 11 is 0. The number of hydrogen-bond acceptors (Lipinski definition) is 3. The Morgan fingerprint density at radius 3 is 1.68 bits per heavy atom. The van der Waals surface area contributed by atoms with Crippen LogP contribution < -0.4 is 0 Å². The molecule has 0 heterocycles. The van der Waals surface area contributed by atoms with Crippen molar-refractivity contribution in [2.75, 3.05) is 0 Å². The highest BCUT2D eigenvalue weighted by Crippen LogP contribution is 2.40. The van der Waals surface area contributed by atoms with Gasteiger partial charge in [0.15, 0.2) is 0 Å². The summed E-state index contributed by atoms with van der Waals surface area (Å²) in [4.78, 5) is 0. The van der Waals surface area contributed by atoms with Crippen molar-refractivity contribution in [3.8, 4) is 0 Å². The maximum atomic E-state index is 10.4. The van der Waals surface area contributed by atoms with Crippen LogP contribution in [0.25, 0.3) is 32.3 Å². The third-order valence-corrected chi connectivity index (χ3v) is 5.47. The number of benzene rings is 4. The van der Waals surface area contributed by atoms with E-state index in [0.717, 1.165) is 27.1 Å². The van der Waals surface area contributed by atoms with Gasteiger partial charge in [0.25, 0.3) is 0 Å². The van der Waals surface area contributed by atoms with Crippen molar-refractivity contribution in [2.24, 2.45) is 0 Å². The molecule has 0 saturated heterocycles. The van der Waals surface area contributed by atoms with E-state index in [9.17, 15) is 15.3 Å². The lowest BCUT2D eigenvalue weighted by Gasteiger charge is -2.31. The molecular weight excluding hydrogens is 312 g/mol. The van der Waals surface area contributed by atoms with Crippen LogP contribution in [-0.2, 0) is 6.42 Å². The highest BCUT2D eigenvalue weighted by Gasteiger charge is 2.33. The number of aliphatic hydroxyl groups is 3. The van der Waals surface area contributed by atoms with Crippen molar-refractivity contribution in [2.45, 2.75) is 24.7 Å². The molecule has 1 aliphatic rings. The predicted molar refractivity (Wildman–Crippen MR) is 99.6 cm³/mol. The second-order valence-electron chi connectivity index (χ2n) is 6.89. The standard InChI is InChI=1S/C22H18O3/c23-20-10-12-9-18-15-7-3-1-5-13(15)14-6-2-4-8-16(14)19(18)11-17(12)21(24)22(20)25/h1-9,11,20-25H,10H2/t20-,21-,22-/m0/s1. The van der Waals surface area contributed by atoms with Gasteiger partial charge in [-0.3, -0.25) is 0 Å². The highest BCUT2D eigenvalue weighted by atomic mass is 16.4. The molecule has 0 unspecified atom stereocenters. The molecule has 3 heteroatoms. The van der Waals surface area contributed by atoms with Crippen LogP contribution in [0.2, 0.25) is 0 Å². The molecule has 0 aromatic heterocycles. The summed E-state index contributed by atoms with van der Waals surface area (Å²) in [5.41, 5.74) is 1.61. The Labute approximate surface area is 144 Å². The van der Waals surface area contributed by atoms with Crippen LogP contribution >= 0.6 is 0 Å². The van der Waals surface area contributed by atoms with Gasteiger partial charge in [-0.05, 0) is 49.5 Å². The molecule has 0 bridgehead atoms. The molecule has 3 nitrogen and oxygen atoms in total. The molecule has 0 fully saturated rings. The minimum atomic E-state index is -1.14. The van der Waals surface area contributed by atoms with Crippen LogP contribution in [0.15, 0.2) is 60.7 Å². The number of fused-ring (bicyclic) bond motifs is 7. The van der Waals surface area contributed by atoms with Gasteiger partial charge in [0.05, 0.1) is 6.10 Å². The molecule has 4 aromatic carbocycles. The van der Waals surface area contributed by atoms with Crippen molar-refractivity contribution in [3.05, 3.63) is 71.8 Å². The molecule has 0 aliphatic heterocycles. The van der Waals surface area contributed by atoms with E-state index in [4.69, 9.17) is 0 Å². The molecule has 1 aliphatic carbocycles. The molecule has 4 aromatic rings. The minimum absolute atomic E-state index is 0.352. The molecule has 0 amide bonds. The first-order valence-electron chi connectivity index (χ1n) is 8.55. The van der Waals surface area contributed by atoms with Gasteiger partial charge in [-0.2, -0.15) is 0 Å². The first-order valence-corrected chi connectivity index (χ1v) is 8.55. The third-order valence-electron chi connectivity index (χ3n) is 5.47. The lowest BCUT2D eigenvalue weighted by atomic mass is 9.82. The SMILES string of the molecule is O[C@H]1[C@@H](O)Cc2cc3c4ccccc4c4ccccc4c3cc2[C@@H]1O. The predicted octanol–water partition coefficient (Wildman–Crippen LogP) is 3.46. The fourth-order valence-electron chi connectivity index (χ4n) is 4.21. The van der Waals surface area contributed by atoms with E-state index in [-0.39, 0.29) is 0 Å². The summed E-state index contributed by atoms with van der Waals surface area (Å²) in [5, 5.41) is 37.4. The monoisotopic (exact) mass is 330 g/mol. The van der Waals surface area contributed by atoms with Crippen LogP contribution in [0.5, 0.6) is 0 Å². The second kappa shape index (κ2) is 5.27. The lowest BCUT2D eigenvalue weighted by Crippen LogP contribution is -2.38. The van der Waals surface area contributed by atoms with Crippen LogP contribution in [0, 0.1) is 0 Å². The largest absolute Gasteiger partial charge is 0.390 e. The first-order chi connectivity index (χ1) is 12.1. The Balaban J connectivity index is 1.98. The van der Waals surface area contributed by atoms with Gasteiger partial charge in [0.2, 0.25) is 0 Å². The van der Waals surface area contributed by atoms with E-state index in [1.807, 2.05) is 30.3 Å². The summed E-state index contributed by atoms with van der Waals surface area (Å²) in [6.45, 7) is 0. The molecule has 0 saturated carbocycles. The van der Waals surface area contributed by atoms with E-state index in [0.29, 0.717) is 12.0 Å². The average molecular weight is 330 g/mol. The number of rotatable bonds is 0. The van der Waals surface area contributed by atoms with Gasteiger partial charge in [0.1, 0.15) is 12.2 Å². The number of aliphatic hydroxyl groups excluding tert-OH is 3. The van der Waals surface area contributed by atoms with Gasteiger partial charge in [0, 0.05) is 6.42 Å². The zero-order valence-corrected chi connectivity index (χ0v) is 13.6. The summed E-state index contributed by atoms with van der Waals surface area (Å²) in [6, 6.07) is 20.6. The maximum Gasteiger partial charge on any atom is 0.110 e. The topological polar surface area (TPSA) is 60.7 Å². The quantitative estimate of drug-likeness (QED) is 0.433. The first kappa shape index (κ1) is 14.8. The molecule has 3 atom stereocenters. The molecule has 0 spiro atoms. The Bertz CT molecular complexity index is 1130. The molecule has 5 rings (SSSR count). The Kier molecular flexibility index (Phi) is 3.13.